The highest BCUT2D eigenvalue weighted by Crippen LogP contribution is 2.35. The Morgan fingerprint density at radius 2 is 1.52 bits per heavy atom. The van der Waals surface area contributed by atoms with Crippen LogP contribution in [0.2, 0.25) is 0 Å². The van der Waals surface area contributed by atoms with E-state index in [1.54, 1.807) is 4.90 Å². The molecule has 0 spiro atoms. The molecule has 3 aromatic carbocycles. The molecule has 0 saturated carbocycles. The maximum atomic E-state index is 12.1. The minimum Gasteiger partial charge on any atom is -0.423 e. The molecule has 0 saturated heterocycles. The molecule has 1 aliphatic rings. The second-order valence-corrected chi connectivity index (χ2v) is 6.69. The van der Waals surface area contributed by atoms with Gasteiger partial charge in [0.05, 0.1) is 17.6 Å². The van der Waals surface area contributed by atoms with Gasteiger partial charge in [-0.3, -0.25) is 9.78 Å². The number of amides is 1. The molecule has 0 bridgehead atoms. The number of pyridine rings is 1. The molecule has 3 heterocycles. The molecule has 0 N–H and O–H groups in total. The number of carbonyl (C=O) groups is 1. The zero-order valence-electron chi connectivity index (χ0n) is 15.5. The lowest BCUT2D eigenvalue weighted by molar-refractivity contribution is -0.116. The lowest BCUT2D eigenvalue weighted by Crippen LogP contribution is -2.20. The van der Waals surface area contributed by atoms with Crippen LogP contribution >= 0.6 is 0 Å². The van der Waals surface area contributed by atoms with Crippen LogP contribution < -0.4 is 4.90 Å². The number of oxazole rings is 1. The summed E-state index contributed by atoms with van der Waals surface area (Å²) in [5.74, 6) is -0.00671. The van der Waals surface area contributed by atoms with Crippen LogP contribution in [-0.4, -0.2) is 15.9 Å². The Morgan fingerprint density at radius 1 is 0.793 bits per heavy atom. The monoisotopic (exact) mass is 379 g/mol. The number of hydrogen-bond acceptors (Lipinski definition) is 4. The number of anilines is 2. The van der Waals surface area contributed by atoms with Crippen LogP contribution in [0.1, 0.15) is 5.56 Å². The van der Waals surface area contributed by atoms with E-state index in [4.69, 9.17) is 4.42 Å². The van der Waals surface area contributed by atoms with Gasteiger partial charge in [-0.2, -0.15) is 4.98 Å². The van der Waals surface area contributed by atoms with Crippen LogP contribution in [0.5, 0.6) is 0 Å². The molecule has 1 aliphatic heterocycles. The average Bonchev–Trinajstić information content (AvgIpc) is 3.33. The molecule has 0 unspecified atom stereocenters. The van der Waals surface area contributed by atoms with Crippen molar-refractivity contribution in [3.63, 3.8) is 0 Å². The highest BCUT2D eigenvalue weighted by molar-refractivity contribution is 6.06. The minimum atomic E-state index is -0.00671. The van der Waals surface area contributed by atoms with E-state index in [0.717, 1.165) is 22.3 Å². The highest BCUT2D eigenvalue weighted by atomic mass is 16.4. The molecule has 29 heavy (non-hydrogen) atoms. The molecule has 5 nitrogen and oxygen atoms in total. The van der Waals surface area contributed by atoms with E-state index in [0.29, 0.717) is 18.0 Å². The van der Waals surface area contributed by atoms with Gasteiger partial charge in [-0.25, -0.2) is 4.90 Å². The standard InChI is InChI=1S/C15H10N2O2.C9H7N/c18-14-9-10-5-1-3-7-12(10)17(14)15-16-11-6-2-4-8-13(11)19-15;1-2-6-9-8(4-1)5-3-7-10-9/h1-8H,9H2;1-7H. The van der Waals surface area contributed by atoms with E-state index in [2.05, 4.69) is 22.1 Å². The van der Waals surface area contributed by atoms with Crippen LogP contribution in [-0.2, 0) is 11.2 Å². The van der Waals surface area contributed by atoms with E-state index in [9.17, 15) is 4.79 Å². The quantitative estimate of drug-likeness (QED) is 0.397. The summed E-state index contributed by atoms with van der Waals surface area (Å²) in [6.07, 6.45) is 2.21. The second kappa shape index (κ2) is 7.20. The third-order valence-corrected chi connectivity index (χ3v) is 4.81. The smallest absolute Gasteiger partial charge is 0.310 e. The van der Waals surface area contributed by atoms with Gasteiger partial charge >= 0.3 is 6.01 Å². The summed E-state index contributed by atoms with van der Waals surface area (Å²) in [4.78, 5) is 22.2. The summed E-state index contributed by atoms with van der Waals surface area (Å²) in [6, 6.07) is 27.6. The largest absolute Gasteiger partial charge is 0.423 e. The lowest BCUT2D eigenvalue weighted by atomic mass is 10.2. The van der Waals surface area contributed by atoms with Gasteiger partial charge in [0.25, 0.3) is 0 Å². The number of hydrogen-bond donors (Lipinski definition) is 0. The third kappa shape index (κ3) is 3.23. The maximum absolute atomic E-state index is 12.1. The zero-order chi connectivity index (χ0) is 19.6. The lowest BCUT2D eigenvalue weighted by Gasteiger charge is -2.11. The Labute approximate surface area is 167 Å². The van der Waals surface area contributed by atoms with E-state index in [1.807, 2.05) is 79.0 Å². The molecule has 6 rings (SSSR count). The number of fused-ring (bicyclic) bond motifs is 3. The average molecular weight is 379 g/mol. The summed E-state index contributed by atoms with van der Waals surface area (Å²) < 4.78 is 5.67. The normalized spacial score (nSPS) is 12.7. The third-order valence-electron chi connectivity index (χ3n) is 4.81. The van der Waals surface area contributed by atoms with Gasteiger partial charge in [-0.1, -0.05) is 54.6 Å². The molecule has 0 atom stereocenters. The Kier molecular flexibility index (Phi) is 4.26. The molecular weight excluding hydrogens is 362 g/mol. The Bertz CT molecular complexity index is 1230. The molecule has 0 radical (unpaired) electrons. The van der Waals surface area contributed by atoms with Crippen molar-refractivity contribution < 1.29 is 9.21 Å². The van der Waals surface area contributed by atoms with Crippen molar-refractivity contribution in [2.75, 3.05) is 4.90 Å². The predicted molar refractivity (Wildman–Crippen MR) is 113 cm³/mol. The van der Waals surface area contributed by atoms with E-state index in [1.165, 1.54) is 5.39 Å². The molecular formula is C24H17N3O2. The summed E-state index contributed by atoms with van der Waals surface area (Å²) in [6.45, 7) is 0. The molecule has 5 aromatic rings. The maximum Gasteiger partial charge on any atom is 0.310 e. The van der Waals surface area contributed by atoms with E-state index >= 15 is 0 Å². The number of nitrogens with zero attached hydrogens (tertiary/aromatic N) is 3. The summed E-state index contributed by atoms with van der Waals surface area (Å²) in [5.41, 5.74) is 4.38. The van der Waals surface area contributed by atoms with Crippen molar-refractivity contribution in [2.24, 2.45) is 0 Å². The van der Waals surface area contributed by atoms with Gasteiger partial charge in [0.2, 0.25) is 5.91 Å². The van der Waals surface area contributed by atoms with Gasteiger partial charge in [0, 0.05) is 11.6 Å². The van der Waals surface area contributed by atoms with Crippen LogP contribution in [0.15, 0.2) is 95.5 Å². The second-order valence-electron chi connectivity index (χ2n) is 6.69. The number of para-hydroxylation sites is 4. The van der Waals surface area contributed by atoms with Gasteiger partial charge in [-0.05, 0) is 35.9 Å². The summed E-state index contributed by atoms with van der Waals surface area (Å²) in [7, 11) is 0. The summed E-state index contributed by atoms with van der Waals surface area (Å²) >= 11 is 0. The van der Waals surface area contributed by atoms with Gasteiger partial charge in [0.1, 0.15) is 5.52 Å². The fourth-order valence-electron chi connectivity index (χ4n) is 3.44. The molecule has 2 aromatic heterocycles. The first kappa shape index (κ1) is 17.1. The Balaban J connectivity index is 0.000000153. The number of aromatic nitrogens is 2. The fraction of sp³-hybridized carbons (Fsp3) is 0.0417. The fourth-order valence-corrected chi connectivity index (χ4v) is 3.44. The van der Waals surface area contributed by atoms with Crippen molar-refractivity contribution >= 4 is 39.6 Å². The Hall–Kier alpha value is -3.99. The van der Waals surface area contributed by atoms with Gasteiger partial charge in [0.15, 0.2) is 5.58 Å². The molecule has 0 aliphatic carbocycles. The topological polar surface area (TPSA) is 59.2 Å². The van der Waals surface area contributed by atoms with E-state index in [-0.39, 0.29) is 5.91 Å². The number of benzene rings is 3. The first-order chi connectivity index (χ1) is 14.3. The highest BCUT2D eigenvalue weighted by Gasteiger charge is 2.31. The number of carbonyl (C=O) groups excluding carboxylic acids is 1. The van der Waals surface area contributed by atoms with Gasteiger partial charge in [-0.15, -0.1) is 0 Å². The minimum absolute atomic E-state index is 0.00671. The number of rotatable bonds is 1. The Morgan fingerprint density at radius 3 is 2.38 bits per heavy atom. The van der Waals surface area contributed by atoms with Crippen molar-refractivity contribution in [3.05, 3.63) is 96.7 Å². The van der Waals surface area contributed by atoms with Crippen LogP contribution in [0, 0.1) is 0 Å². The molecule has 140 valence electrons. The van der Waals surface area contributed by atoms with Crippen LogP contribution in [0.3, 0.4) is 0 Å². The molecule has 1 amide bonds. The molecule has 0 fully saturated rings. The zero-order valence-corrected chi connectivity index (χ0v) is 15.5. The van der Waals surface area contributed by atoms with Crippen LogP contribution in [0.4, 0.5) is 11.7 Å². The van der Waals surface area contributed by atoms with Crippen molar-refractivity contribution in [1.29, 1.82) is 0 Å². The van der Waals surface area contributed by atoms with Crippen molar-refractivity contribution in [3.8, 4) is 0 Å². The summed E-state index contributed by atoms with van der Waals surface area (Å²) in [5, 5.41) is 1.20. The van der Waals surface area contributed by atoms with Crippen LogP contribution in [0.25, 0.3) is 22.0 Å². The van der Waals surface area contributed by atoms with Gasteiger partial charge < -0.3 is 4.42 Å². The van der Waals surface area contributed by atoms with E-state index < -0.39 is 0 Å². The van der Waals surface area contributed by atoms with Crippen molar-refractivity contribution in [2.45, 2.75) is 6.42 Å². The van der Waals surface area contributed by atoms with Crippen molar-refractivity contribution in [1.82, 2.24) is 9.97 Å². The first-order valence-corrected chi connectivity index (χ1v) is 9.36. The SMILES string of the molecule is O=C1Cc2ccccc2N1c1nc2ccccc2o1.c1ccc2ncccc2c1. The first-order valence-electron chi connectivity index (χ1n) is 9.36. The molecule has 5 heteroatoms. The predicted octanol–water partition coefficient (Wildman–Crippen LogP) is 5.28.